The first kappa shape index (κ1) is 9.00. The van der Waals surface area contributed by atoms with Crippen LogP contribution in [0.25, 0.3) is 6.08 Å². The van der Waals surface area contributed by atoms with E-state index < -0.39 is 5.97 Å². The summed E-state index contributed by atoms with van der Waals surface area (Å²) in [6.07, 6.45) is 5.36. The number of benzene rings is 1. The van der Waals surface area contributed by atoms with E-state index in [9.17, 15) is 4.79 Å². The summed E-state index contributed by atoms with van der Waals surface area (Å²) < 4.78 is 0. The van der Waals surface area contributed by atoms with Gasteiger partial charge >= 0.3 is 5.97 Å². The molecule has 72 valence electrons. The van der Waals surface area contributed by atoms with Gasteiger partial charge in [-0.1, -0.05) is 24.3 Å². The standard InChI is InChI=1S/C12H12O2/c13-12(14)8-3-9-1-4-10(5-2-9)11-6-7-11/h1-5,8,11H,6-7H2,(H,13,14)/b8-3-. The van der Waals surface area contributed by atoms with Gasteiger partial charge in [0.2, 0.25) is 0 Å². The van der Waals surface area contributed by atoms with Gasteiger partial charge in [-0.25, -0.2) is 4.79 Å². The highest BCUT2D eigenvalue weighted by molar-refractivity contribution is 5.85. The summed E-state index contributed by atoms with van der Waals surface area (Å²) in [4.78, 5) is 10.3. The quantitative estimate of drug-likeness (QED) is 0.740. The third-order valence-electron chi connectivity index (χ3n) is 2.40. The molecule has 1 aliphatic carbocycles. The maximum Gasteiger partial charge on any atom is 0.328 e. The van der Waals surface area contributed by atoms with Gasteiger partial charge in [0, 0.05) is 6.08 Å². The Labute approximate surface area is 82.9 Å². The van der Waals surface area contributed by atoms with Crippen molar-refractivity contribution in [3.05, 3.63) is 41.5 Å². The summed E-state index contributed by atoms with van der Waals surface area (Å²) >= 11 is 0. The van der Waals surface area contributed by atoms with E-state index in [4.69, 9.17) is 5.11 Å². The Kier molecular flexibility index (Phi) is 2.35. The summed E-state index contributed by atoms with van der Waals surface area (Å²) in [5, 5.41) is 8.44. The van der Waals surface area contributed by atoms with Crippen LogP contribution in [0, 0.1) is 0 Å². The van der Waals surface area contributed by atoms with Crippen LogP contribution >= 0.6 is 0 Å². The SMILES string of the molecule is O=C(O)/C=C\c1ccc(C2CC2)cc1. The van der Waals surface area contributed by atoms with E-state index >= 15 is 0 Å². The molecule has 1 aromatic carbocycles. The molecule has 0 spiro atoms. The largest absolute Gasteiger partial charge is 0.478 e. The molecule has 0 atom stereocenters. The molecule has 0 bridgehead atoms. The number of aliphatic carboxylic acids is 1. The molecular weight excluding hydrogens is 176 g/mol. The van der Waals surface area contributed by atoms with Gasteiger partial charge in [0.15, 0.2) is 0 Å². The highest BCUT2D eigenvalue weighted by atomic mass is 16.4. The molecule has 2 rings (SSSR count). The molecule has 0 radical (unpaired) electrons. The lowest BCUT2D eigenvalue weighted by atomic mass is 10.1. The molecule has 0 heterocycles. The van der Waals surface area contributed by atoms with Crippen LogP contribution in [-0.2, 0) is 4.79 Å². The van der Waals surface area contributed by atoms with Gasteiger partial charge in [0.1, 0.15) is 0 Å². The average molecular weight is 188 g/mol. The molecule has 1 saturated carbocycles. The zero-order chi connectivity index (χ0) is 9.97. The van der Waals surface area contributed by atoms with Crippen molar-refractivity contribution in [2.45, 2.75) is 18.8 Å². The lowest BCUT2D eigenvalue weighted by molar-refractivity contribution is -0.131. The van der Waals surface area contributed by atoms with Gasteiger partial charge < -0.3 is 5.11 Å². The van der Waals surface area contributed by atoms with Gasteiger partial charge in [-0.3, -0.25) is 0 Å². The Morgan fingerprint density at radius 1 is 1.29 bits per heavy atom. The first-order valence-electron chi connectivity index (χ1n) is 4.76. The maximum absolute atomic E-state index is 10.3. The number of hydrogen-bond donors (Lipinski definition) is 1. The number of rotatable bonds is 3. The molecule has 2 heteroatoms. The maximum atomic E-state index is 10.3. The first-order valence-corrected chi connectivity index (χ1v) is 4.76. The monoisotopic (exact) mass is 188 g/mol. The molecule has 0 aromatic heterocycles. The fourth-order valence-corrected chi connectivity index (χ4v) is 1.46. The normalized spacial score (nSPS) is 16.0. The van der Waals surface area contributed by atoms with Crippen LogP contribution < -0.4 is 0 Å². The first-order chi connectivity index (χ1) is 6.75. The predicted molar refractivity (Wildman–Crippen MR) is 55.1 cm³/mol. The Morgan fingerprint density at radius 2 is 1.93 bits per heavy atom. The van der Waals surface area contributed by atoms with E-state index in [0.29, 0.717) is 0 Å². The van der Waals surface area contributed by atoms with Gasteiger partial charge in [-0.2, -0.15) is 0 Å². The Balaban J connectivity index is 2.09. The van der Waals surface area contributed by atoms with Crippen molar-refractivity contribution in [3.63, 3.8) is 0 Å². The number of carboxylic acids is 1. The second-order valence-corrected chi connectivity index (χ2v) is 3.61. The minimum absolute atomic E-state index is 0.757. The van der Waals surface area contributed by atoms with Gasteiger partial charge in [0.05, 0.1) is 0 Å². The van der Waals surface area contributed by atoms with Crippen LogP contribution in [0.3, 0.4) is 0 Å². The minimum atomic E-state index is -0.906. The van der Waals surface area contributed by atoms with Crippen molar-refractivity contribution in [1.29, 1.82) is 0 Å². The second kappa shape index (κ2) is 3.66. The van der Waals surface area contributed by atoms with Crippen molar-refractivity contribution in [2.24, 2.45) is 0 Å². The van der Waals surface area contributed by atoms with Gasteiger partial charge in [-0.15, -0.1) is 0 Å². The summed E-state index contributed by atoms with van der Waals surface area (Å²) in [6, 6.07) is 8.10. The molecule has 14 heavy (non-hydrogen) atoms. The number of carbonyl (C=O) groups is 1. The smallest absolute Gasteiger partial charge is 0.328 e. The van der Waals surface area contributed by atoms with Crippen molar-refractivity contribution in [3.8, 4) is 0 Å². The molecule has 0 amide bonds. The van der Waals surface area contributed by atoms with Crippen LogP contribution in [0.2, 0.25) is 0 Å². The Morgan fingerprint density at radius 3 is 2.43 bits per heavy atom. The van der Waals surface area contributed by atoms with Crippen LogP contribution in [0.1, 0.15) is 29.9 Å². The van der Waals surface area contributed by atoms with E-state index in [-0.39, 0.29) is 0 Å². The summed E-state index contributed by atoms with van der Waals surface area (Å²) in [6.45, 7) is 0. The minimum Gasteiger partial charge on any atom is -0.478 e. The summed E-state index contributed by atoms with van der Waals surface area (Å²) in [5.74, 6) is -0.149. The van der Waals surface area contributed by atoms with Crippen molar-refractivity contribution in [2.75, 3.05) is 0 Å². The molecular formula is C12H12O2. The topological polar surface area (TPSA) is 37.3 Å². The molecule has 1 aliphatic rings. The van der Waals surface area contributed by atoms with Gasteiger partial charge in [0.25, 0.3) is 0 Å². The fraction of sp³-hybridized carbons (Fsp3) is 0.250. The molecule has 0 unspecified atom stereocenters. The fourth-order valence-electron chi connectivity index (χ4n) is 1.46. The van der Waals surface area contributed by atoms with Crippen molar-refractivity contribution >= 4 is 12.0 Å². The summed E-state index contributed by atoms with van der Waals surface area (Å²) in [5.41, 5.74) is 2.31. The van der Waals surface area contributed by atoms with E-state index in [1.54, 1.807) is 6.08 Å². The Hall–Kier alpha value is -1.57. The number of hydrogen-bond acceptors (Lipinski definition) is 1. The molecule has 0 saturated heterocycles. The molecule has 0 aliphatic heterocycles. The zero-order valence-corrected chi connectivity index (χ0v) is 7.81. The van der Waals surface area contributed by atoms with E-state index in [1.165, 1.54) is 18.4 Å². The Bertz CT molecular complexity index is 358. The van der Waals surface area contributed by atoms with Crippen molar-refractivity contribution < 1.29 is 9.90 Å². The molecule has 1 fully saturated rings. The van der Waals surface area contributed by atoms with Crippen LogP contribution in [0.5, 0.6) is 0 Å². The highest BCUT2D eigenvalue weighted by Crippen LogP contribution is 2.39. The lowest BCUT2D eigenvalue weighted by Gasteiger charge is -1.97. The van der Waals surface area contributed by atoms with Crippen LogP contribution in [-0.4, -0.2) is 11.1 Å². The second-order valence-electron chi connectivity index (χ2n) is 3.61. The van der Waals surface area contributed by atoms with E-state index in [1.807, 2.05) is 12.1 Å². The zero-order valence-electron chi connectivity index (χ0n) is 7.81. The lowest BCUT2D eigenvalue weighted by Crippen LogP contribution is -1.85. The molecule has 1 N–H and O–H groups in total. The van der Waals surface area contributed by atoms with E-state index in [0.717, 1.165) is 17.6 Å². The molecule has 2 nitrogen and oxygen atoms in total. The van der Waals surface area contributed by atoms with Crippen molar-refractivity contribution in [1.82, 2.24) is 0 Å². The summed E-state index contributed by atoms with van der Waals surface area (Å²) in [7, 11) is 0. The predicted octanol–water partition coefficient (Wildman–Crippen LogP) is 2.66. The number of carboxylic acid groups (broad SMARTS) is 1. The van der Waals surface area contributed by atoms with Crippen LogP contribution in [0.4, 0.5) is 0 Å². The molecule has 1 aromatic rings. The third kappa shape index (κ3) is 2.22. The van der Waals surface area contributed by atoms with Gasteiger partial charge in [-0.05, 0) is 36.0 Å². The van der Waals surface area contributed by atoms with Crippen LogP contribution in [0.15, 0.2) is 30.3 Å². The average Bonchev–Trinajstić information content (AvgIpc) is 2.99. The van der Waals surface area contributed by atoms with E-state index in [2.05, 4.69) is 12.1 Å². The third-order valence-corrected chi connectivity index (χ3v) is 2.40. The highest BCUT2D eigenvalue weighted by Gasteiger charge is 2.22.